The van der Waals surface area contributed by atoms with Crippen molar-refractivity contribution >= 4 is 33.2 Å². The Hall–Kier alpha value is -3.01. The zero-order valence-corrected chi connectivity index (χ0v) is 19.0. The number of piperidine rings is 1. The quantitative estimate of drug-likeness (QED) is 0.436. The van der Waals surface area contributed by atoms with E-state index < -0.39 is 11.8 Å². The molecule has 7 nitrogen and oxygen atoms in total. The van der Waals surface area contributed by atoms with Crippen molar-refractivity contribution in [3.8, 4) is 0 Å². The largest absolute Gasteiger partial charge is 0.331 e. The van der Waals surface area contributed by atoms with Crippen LogP contribution in [0.4, 0.5) is 8.78 Å². The van der Waals surface area contributed by atoms with Gasteiger partial charge in [-0.25, -0.2) is 23.3 Å². The fourth-order valence-electron chi connectivity index (χ4n) is 5.86. The van der Waals surface area contributed by atoms with Gasteiger partial charge in [-0.05, 0) is 49.4 Å². The number of fused-ring (bicyclic) bond motifs is 3. The van der Waals surface area contributed by atoms with Crippen LogP contribution in [0.25, 0.3) is 16.0 Å². The predicted octanol–water partition coefficient (Wildman–Crippen LogP) is 4.64. The maximum atomic E-state index is 13.8. The van der Waals surface area contributed by atoms with Crippen molar-refractivity contribution in [1.82, 2.24) is 29.5 Å². The number of likely N-dealkylation sites (tertiary alicyclic amines) is 1. The summed E-state index contributed by atoms with van der Waals surface area (Å²) in [5.74, 6) is 0.250. The number of carbonyl (C=O) groups is 1. The van der Waals surface area contributed by atoms with E-state index in [2.05, 4.69) is 33.9 Å². The van der Waals surface area contributed by atoms with Gasteiger partial charge < -0.3 is 4.90 Å². The Morgan fingerprint density at radius 2 is 2.15 bits per heavy atom. The lowest BCUT2D eigenvalue weighted by Crippen LogP contribution is -2.48. The maximum absolute atomic E-state index is 13.8. The van der Waals surface area contributed by atoms with Crippen LogP contribution in [-0.2, 0) is 5.41 Å². The topological polar surface area (TPSA) is 76.3 Å². The van der Waals surface area contributed by atoms with Gasteiger partial charge in [0.05, 0.1) is 21.4 Å². The van der Waals surface area contributed by atoms with Crippen molar-refractivity contribution in [2.24, 2.45) is 5.92 Å². The van der Waals surface area contributed by atoms with Crippen LogP contribution in [0.3, 0.4) is 0 Å². The first kappa shape index (κ1) is 20.6. The number of rotatable bonds is 4. The molecule has 170 valence electrons. The molecule has 4 unspecified atom stereocenters. The van der Waals surface area contributed by atoms with Crippen LogP contribution < -0.4 is 0 Å². The van der Waals surface area contributed by atoms with Crippen LogP contribution in [0, 0.1) is 5.92 Å². The number of benzene rings is 1. The van der Waals surface area contributed by atoms with E-state index >= 15 is 0 Å². The number of alkyl halides is 2. The third kappa shape index (κ3) is 2.86. The molecule has 3 aromatic heterocycles. The number of amides is 1. The molecule has 4 aromatic rings. The first-order valence-electron chi connectivity index (χ1n) is 11.1. The Balaban J connectivity index is 1.45. The average molecular weight is 469 g/mol. The van der Waals surface area contributed by atoms with Crippen LogP contribution in [-0.4, -0.2) is 47.5 Å². The van der Waals surface area contributed by atoms with Crippen LogP contribution >= 0.6 is 11.3 Å². The zero-order valence-electron chi connectivity index (χ0n) is 18.2. The highest BCUT2D eigenvalue weighted by atomic mass is 32.1. The SMILES string of the molecule is CCC1CCC2(c3cc(C(F)F)nc4ncnn34)C(C)C2N1C(=O)c1ccc2ncsc2c1. The summed E-state index contributed by atoms with van der Waals surface area (Å²) in [5.41, 5.74) is 3.20. The Kier molecular flexibility index (Phi) is 4.52. The van der Waals surface area contributed by atoms with Gasteiger partial charge in [0.2, 0.25) is 0 Å². The van der Waals surface area contributed by atoms with Gasteiger partial charge in [0.1, 0.15) is 12.0 Å². The third-order valence-electron chi connectivity index (χ3n) is 7.55. The molecular formula is C23H22F2N6OS. The summed E-state index contributed by atoms with van der Waals surface area (Å²) < 4.78 is 29.8. The fraction of sp³-hybridized carbons (Fsp3) is 0.435. The minimum absolute atomic E-state index is 0.0199. The van der Waals surface area contributed by atoms with Gasteiger partial charge in [-0.2, -0.15) is 10.1 Å². The lowest BCUT2D eigenvalue weighted by atomic mass is 9.85. The van der Waals surface area contributed by atoms with E-state index in [0.717, 1.165) is 29.5 Å². The molecule has 10 heteroatoms. The van der Waals surface area contributed by atoms with Crippen LogP contribution in [0.1, 0.15) is 61.3 Å². The molecule has 2 aliphatic rings. The molecule has 0 spiro atoms. The molecule has 0 bridgehead atoms. The Labute approximate surface area is 192 Å². The molecule has 2 fully saturated rings. The smallest absolute Gasteiger partial charge is 0.280 e. The van der Waals surface area contributed by atoms with E-state index in [4.69, 9.17) is 0 Å². The number of thiazole rings is 1. The molecule has 6 rings (SSSR count). The summed E-state index contributed by atoms with van der Waals surface area (Å²) in [5, 5.41) is 4.29. The minimum atomic E-state index is -2.70. The van der Waals surface area contributed by atoms with Crippen LogP contribution in [0.2, 0.25) is 0 Å². The summed E-state index contributed by atoms with van der Waals surface area (Å²) in [4.78, 5) is 28.2. The Morgan fingerprint density at radius 1 is 1.30 bits per heavy atom. The predicted molar refractivity (Wildman–Crippen MR) is 119 cm³/mol. The van der Waals surface area contributed by atoms with Crippen molar-refractivity contribution < 1.29 is 13.6 Å². The van der Waals surface area contributed by atoms with Gasteiger partial charge in [-0.1, -0.05) is 13.8 Å². The summed E-state index contributed by atoms with van der Waals surface area (Å²) >= 11 is 1.51. The second kappa shape index (κ2) is 7.24. The molecule has 4 heterocycles. The number of halogens is 2. The van der Waals surface area contributed by atoms with Gasteiger partial charge >= 0.3 is 0 Å². The van der Waals surface area contributed by atoms with Gasteiger partial charge in [-0.15, -0.1) is 11.3 Å². The third-order valence-corrected chi connectivity index (χ3v) is 8.34. The number of carbonyl (C=O) groups excluding carboxylic acids is 1. The zero-order chi connectivity index (χ0) is 22.9. The molecule has 1 saturated carbocycles. The standard InChI is InChI=1S/C23H22F2N6OS/c1-3-14-6-7-23(18-9-16(20(24)25)29-22-26-10-28-31(18)22)12(2)19(23)30(14)21(32)13-4-5-15-17(8-13)33-11-27-15/h4-5,8-12,14,19-20H,3,6-7H2,1-2H3. The second-order valence-electron chi connectivity index (χ2n) is 8.96. The molecule has 1 aliphatic heterocycles. The van der Waals surface area contributed by atoms with Gasteiger partial charge in [0.25, 0.3) is 18.1 Å². The summed E-state index contributed by atoms with van der Waals surface area (Å²) in [7, 11) is 0. The lowest BCUT2D eigenvalue weighted by molar-refractivity contribution is 0.0555. The maximum Gasteiger partial charge on any atom is 0.280 e. The average Bonchev–Trinajstić information content (AvgIpc) is 3.22. The van der Waals surface area contributed by atoms with E-state index in [9.17, 15) is 13.6 Å². The Morgan fingerprint density at radius 3 is 2.94 bits per heavy atom. The molecule has 1 aliphatic carbocycles. The van der Waals surface area contributed by atoms with E-state index in [1.54, 1.807) is 10.0 Å². The van der Waals surface area contributed by atoms with Crippen LogP contribution in [0.5, 0.6) is 0 Å². The van der Waals surface area contributed by atoms with Gasteiger partial charge in [0, 0.05) is 23.1 Å². The highest BCUT2D eigenvalue weighted by Gasteiger charge is 2.70. The molecule has 1 amide bonds. The minimum Gasteiger partial charge on any atom is -0.331 e. The van der Waals surface area contributed by atoms with Crippen molar-refractivity contribution in [1.29, 1.82) is 0 Å². The number of nitrogens with zero attached hydrogens (tertiary/aromatic N) is 6. The molecule has 0 radical (unpaired) electrons. The number of aromatic nitrogens is 5. The Bertz CT molecular complexity index is 1390. The first-order valence-corrected chi connectivity index (χ1v) is 12.0. The van der Waals surface area contributed by atoms with Gasteiger partial charge in [0.15, 0.2) is 0 Å². The van der Waals surface area contributed by atoms with E-state index in [-0.39, 0.29) is 35.4 Å². The van der Waals surface area contributed by atoms with Crippen molar-refractivity contribution in [2.45, 2.75) is 57.0 Å². The van der Waals surface area contributed by atoms with Crippen LogP contribution in [0.15, 0.2) is 36.1 Å². The molecule has 0 N–H and O–H groups in total. The molecular weight excluding hydrogens is 446 g/mol. The lowest BCUT2D eigenvalue weighted by Gasteiger charge is -2.39. The number of hydrogen-bond acceptors (Lipinski definition) is 6. The fourth-order valence-corrected chi connectivity index (χ4v) is 6.58. The first-order chi connectivity index (χ1) is 16.0. The molecule has 33 heavy (non-hydrogen) atoms. The second-order valence-corrected chi connectivity index (χ2v) is 9.85. The van der Waals surface area contributed by atoms with Crippen molar-refractivity contribution in [2.75, 3.05) is 0 Å². The monoisotopic (exact) mass is 468 g/mol. The summed E-state index contributed by atoms with van der Waals surface area (Å²) in [6, 6.07) is 7.08. The van der Waals surface area contributed by atoms with Gasteiger partial charge in [-0.3, -0.25) is 4.79 Å². The van der Waals surface area contributed by atoms with E-state index in [1.807, 2.05) is 23.1 Å². The normalized spacial score (nSPS) is 26.8. The van der Waals surface area contributed by atoms with E-state index in [0.29, 0.717) is 11.3 Å². The highest BCUT2D eigenvalue weighted by Crippen LogP contribution is 2.63. The van der Waals surface area contributed by atoms with Crippen molar-refractivity contribution in [3.63, 3.8) is 0 Å². The molecule has 1 aromatic carbocycles. The van der Waals surface area contributed by atoms with Crippen molar-refractivity contribution in [3.05, 3.63) is 53.1 Å². The highest BCUT2D eigenvalue weighted by molar-refractivity contribution is 7.16. The number of hydrogen-bond donors (Lipinski definition) is 0. The summed E-state index contributed by atoms with van der Waals surface area (Å²) in [6.45, 7) is 4.19. The van der Waals surface area contributed by atoms with E-state index in [1.165, 1.54) is 23.7 Å². The molecule has 4 atom stereocenters. The molecule has 1 saturated heterocycles. The summed E-state index contributed by atoms with van der Waals surface area (Å²) in [6.07, 6.45) is 1.08.